The van der Waals surface area contributed by atoms with Crippen molar-refractivity contribution in [2.45, 2.75) is 71.1 Å². The molecule has 0 aromatic rings. The van der Waals surface area contributed by atoms with Crippen LogP contribution in [-0.4, -0.2) is 29.6 Å². The molecule has 14 heavy (non-hydrogen) atoms. The topological polar surface area (TPSA) is 0 Å². The molecule has 0 aromatic heterocycles. The molecule has 0 nitrogen and oxygen atoms in total. The van der Waals surface area contributed by atoms with Gasteiger partial charge in [-0.05, 0) is 0 Å². The molecule has 0 bridgehead atoms. The Morgan fingerprint density at radius 2 is 1.07 bits per heavy atom. The Balaban J connectivity index is -0.000000605. The zero-order chi connectivity index (χ0) is 9.07. The van der Waals surface area contributed by atoms with Gasteiger partial charge in [-0.3, -0.25) is 0 Å². The molecule has 0 aliphatic carbocycles. The molecule has 0 unspecified atom stereocenters. The third-order valence-electron chi connectivity index (χ3n) is 2.35. The van der Waals surface area contributed by atoms with Gasteiger partial charge in [-0.15, -0.1) is 0 Å². The Morgan fingerprint density at radius 3 is 1.43 bits per heavy atom. The maximum Gasteiger partial charge on any atom is 1.00 e. The van der Waals surface area contributed by atoms with Crippen LogP contribution in [0.4, 0.5) is 0 Å². The summed E-state index contributed by atoms with van der Waals surface area (Å²) in [6.07, 6.45) is 13.9. The van der Waals surface area contributed by atoms with E-state index in [4.69, 9.17) is 0 Å². The average molecular weight is 215 g/mol. The van der Waals surface area contributed by atoms with E-state index in [9.17, 15) is 0 Å². The predicted octanol–water partition coefficient (Wildman–Crippen LogP) is 1.36. The molecule has 0 N–H and O–H groups in total. The van der Waals surface area contributed by atoms with Gasteiger partial charge < -0.3 is 6.92 Å². The van der Waals surface area contributed by atoms with Gasteiger partial charge >= 0.3 is 29.6 Å². The summed E-state index contributed by atoms with van der Waals surface area (Å²) < 4.78 is 0. The third-order valence-corrected chi connectivity index (χ3v) is 2.35. The standard InChI is InChI=1S/C12H25.2Na/c1-3-5-7-9-11-12-10-8-6-4-2;;/h1,3-12H2,2H3;;/q-1;;+1. The zero-order valence-electron chi connectivity index (χ0n) is 10.8. The summed E-state index contributed by atoms with van der Waals surface area (Å²) in [5.41, 5.74) is 0. The number of unbranched alkanes of at least 4 members (excludes halogenated alkanes) is 9. The van der Waals surface area contributed by atoms with E-state index in [0.29, 0.717) is 0 Å². The molecule has 0 aliphatic heterocycles. The first-order valence-electron chi connectivity index (χ1n) is 5.71. The van der Waals surface area contributed by atoms with Gasteiger partial charge in [0, 0.05) is 29.6 Å². The van der Waals surface area contributed by atoms with Gasteiger partial charge in [-0.25, -0.2) is 0 Å². The Labute approximate surface area is 136 Å². The monoisotopic (exact) mass is 215 g/mol. The number of rotatable bonds is 9. The van der Waals surface area contributed by atoms with Gasteiger partial charge in [-0.2, -0.15) is 6.42 Å². The molecule has 0 rings (SSSR count). The van der Waals surface area contributed by atoms with E-state index in [-0.39, 0.29) is 59.1 Å². The van der Waals surface area contributed by atoms with E-state index in [2.05, 4.69) is 13.8 Å². The van der Waals surface area contributed by atoms with E-state index >= 15 is 0 Å². The molecule has 0 heterocycles. The molecule has 0 spiro atoms. The molecule has 0 amide bonds. The molecule has 0 atom stereocenters. The number of hydrogen-bond donors (Lipinski definition) is 0. The summed E-state index contributed by atoms with van der Waals surface area (Å²) in [5.74, 6) is 0. The van der Waals surface area contributed by atoms with E-state index in [1.807, 2.05) is 0 Å². The molecule has 1 radical (unpaired) electrons. The smallest absolute Gasteiger partial charge is 0.343 e. The van der Waals surface area contributed by atoms with Gasteiger partial charge in [0.1, 0.15) is 0 Å². The van der Waals surface area contributed by atoms with Crippen molar-refractivity contribution in [1.82, 2.24) is 0 Å². The van der Waals surface area contributed by atoms with Crippen LogP contribution in [-0.2, 0) is 0 Å². The largest absolute Gasteiger partial charge is 1.00 e. The fraction of sp³-hybridized carbons (Fsp3) is 0.917. The van der Waals surface area contributed by atoms with E-state index in [1.165, 1.54) is 57.8 Å². The summed E-state index contributed by atoms with van der Waals surface area (Å²) in [4.78, 5) is 0. The Bertz CT molecular complexity index is 64.7. The molecular formula is C12H25Na2. The minimum absolute atomic E-state index is 0. The van der Waals surface area contributed by atoms with Crippen molar-refractivity contribution in [3.63, 3.8) is 0 Å². The quantitative estimate of drug-likeness (QED) is 0.309. The Kier molecular flexibility index (Phi) is 31.1. The second-order valence-corrected chi connectivity index (χ2v) is 3.68. The van der Waals surface area contributed by atoms with Crippen LogP contribution in [0.25, 0.3) is 0 Å². The summed E-state index contributed by atoms with van der Waals surface area (Å²) >= 11 is 0. The van der Waals surface area contributed by atoms with Crippen molar-refractivity contribution in [2.75, 3.05) is 0 Å². The minimum atomic E-state index is 0. The van der Waals surface area contributed by atoms with Gasteiger partial charge in [0.25, 0.3) is 0 Å². The molecule has 0 saturated heterocycles. The summed E-state index contributed by atoms with van der Waals surface area (Å²) in [6.45, 7) is 6.12. The van der Waals surface area contributed by atoms with Crippen LogP contribution in [0.2, 0.25) is 0 Å². The van der Waals surface area contributed by atoms with Crippen LogP contribution in [0.15, 0.2) is 0 Å². The Morgan fingerprint density at radius 1 is 0.714 bits per heavy atom. The van der Waals surface area contributed by atoms with Crippen molar-refractivity contribution in [3.05, 3.63) is 6.92 Å². The van der Waals surface area contributed by atoms with Crippen molar-refractivity contribution in [3.8, 4) is 0 Å². The minimum Gasteiger partial charge on any atom is -0.343 e. The summed E-state index contributed by atoms with van der Waals surface area (Å²) in [7, 11) is 0. The maximum atomic E-state index is 3.84. The molecule has 75 valence electrons. The first-order chi connectivity index (χ1) is 5.91. The van der Waals surface area contributed by atoms with Crippen molar-refractivity contribution < 1.29 is 29.6 Å². The van der Waals surface area contributed by atoms with Gasteiger partial charge in [-0.1, -0.05) is 64.7 Å². The van der Waals surface area contributed by atoms with Crippen molar-refractivity contribution in [2.24, 2.45) is 0 Å². The third kappa shape index (κ3) is 19.6. The zero-order valence-corrected chi connectivity index (χ0v) is 14.8. The average Bonchev–Trinajstić information content (AvgIpc) is 2.10. The molecule has 0 fully saturated rings. The summed E-state index contributed by atoms with van der Waals surface area (Å²) in [5, 5.41) is 0. The van der Waals surface area contributed by atoms with Crippen LogP contribution in [0, 0.1) is 6.92 Å². The molecule has 2 heteroatoms. The molecule has 0 aliphatic rings. The molecular weight excluding hydrogens is 190 g/mol. The van der Waals surface area contributed by atoms with E-state index < -0.39 is 0 Å². The maximum absolute atomic E-state index is 3.84. The second-order valence-electron chi connectivity index (χ2n) is 3.68. The normalized spacial score (nSPS) is 9.00. The van der Waals surface area contributed by atoms with Crippen LogP contribution < -0.4 is 29.6 Å². The van der Waals surface area contributed by atoms with Gasteiger partial charge in [0.15, 0.2) is 0 Å². The van der Waals surface area contributed by atoms with E-state index in [1.54, 1.807) is 0 Å². The van der Waals surface area contributed by atoms with Crippen LogP contribution in [0.3, 0.4) is 0 Å². The Hall–Kier alpha value is 2.00. The predicted molar refractivity (Wildman–Crippen MR) is 63.0 cm³/mol. The fourth-order valence-electron chi connectivity index (χ4n) is 1.49. The summed E-state index contributed by atoms with van der Waals surface area (Å²) in [6, 6.07) is 0. The molecule has 0 aromatic carbocycles. The first kappa shape index (κ1) is 21.3. The van der Waals surface area contributed by atoms with Gasteiger partial charge in [0.2, 0.25) is 0 Å². The van der Waals surface area contributed by atoms with Crippen molar-refractivity contribution >= 4 is 29.6 Å². The van der Waals surface area contributed by atoms with Crippen LogP contribution in [0.5, 0.6) is 0 Å². The van der Waals surface area contributed by atoms with Crippen LogP contribution in [0.1, 0.15) is 71.1 Å². The molecule has 0 saturated carbocycles. The SMILES string of the molecule is [CH2-]CCCCCCCCCCC.[Na+].[Na]. The van der Waals surface area contributed by atoms with E-state index in [0.717, 1.165) is 6.42 Å². The fourth-order valence-corrected chi connectivity index (χ4v) is 1.49. The van der Waals surface area contributed by atoms with Crippen LogP contribution >= 0.6 is 0 Å². The van der Waals surface area contributed by atoms with Crippen molar-refractivity contribution in [1.29, 1.82) is 0 Å². The number of hydrogen-bond acceptors (Lipinski definition) is 0. The van der Waals surface area contributed by atoms with Gasteiger partial charge in [0.05, 0.1) is 0 Å². The first-order valence-corrected chi connectivity index (χ1v) is 5.71. The second kappa shape index (κ2) is 20.4.